The molecule has 0 bridgehead atoms. The van der Waals surface area contributed by atoms with E-state index in [1.54, 1.807) is 4.57 Å². The van der Waals surface area contributed by atoms with Gasteiger partial charge in [-0.15, -0.1) is 0 Å². The number of nitrogens with two attached hydrogens (primary N) is 1. The number of aryl methyl sites for hydroxylation is 1. The minimum absolute atomic E-state index is 0.0199. The quantitative estimate of drug-likeness (QED) is 0.354. The van der Waals surface area contributed by atoms with Crippen LogP contribution in [0.5, 0.6) is 11.5 Å². The lowest BCUT2D eigenvalue weighted by molar-refractivity contribution is 0.174. The van der Waals surface area contributed by atoms with E-state index in [0.717, 1.165) is 9.13 Å². The zero-order valence-corrected chi connectivity index (χ0v) is 18.1. The zero-order chi connectivity index (χ0) is 20.8. The summed E-state index contributed by atoms with van der Waals surface area (Å²) < 4.78 is 53.1. The van der Waals surface area contributed by atoms with E-state index in [9.17, 15) is 12.8 Å². The van der Waals surface area contributed by atoms with Crippen molar-refractivity contribution in [3.63, 3.8) is 0 Å². The number of imidazole rings is 1. The summed E-state index contributed by atoms with van der Waals surface area (Å²) in [6, 6.07) is 3.69. The van der Waals surface area contributed by atoms with E-state index in [1.807, 2.05) is 12.1 Å². The van der Waals surface area contributed by atoms with E-state index in [4.69, 9.17) is 15.2 Å². The number of fused-ring (bicyclic) bond motifs is 2. The molecule has 1 aromatic carbocycles. The summed E-state index contributed by atoms with van der Waals surface area (Å²) in [6.45, 7) is 0.173. The van der Waals surface area contributed by atoms with Gasteiger partial charge in [0.25, 0.3) is 0 Å². The molecule has 0 spiro atoms. The molecule has 0 fully saturated rings. The van der Waals surface area contributed by atoms with Crippen LogP contribution in [-0.4, -0.2) is 47.5 Å². The number of hydrogen-bond donors (Lipinski definition) is 2. The van der Waals surface area contributed by atoms with E-state index in [0.29, 0.717) is 23.7 Å². The molecule has 0 saturated carbocycles. The molecule has 2 aromatic heterocycles. The second-order valence-corrected chi connectivity index (χ2v) is 9.43. The molecule has 0 atom stereocenters. The first-order valence-electron chi connectivity index (χ1n) is 8.45. The number of nitrogen functional groups attached to an aromatic ring is 1. The molecule has 0 saturated heterocycles. The van der Waals surface area contributed by atoms with Gasteiger partial charge in [0.1, 0.15) is 5.82 Å². The molecule has 3 aromatic rings. The van der Waals surface area contributed by atoms with Crippen LogP contribution in [0.3, 0.4) is 0 Å². The SMILES string of the molecule is CNS(=O)(=O)CCn1c(Cc2cc3c(cc2I)OCO3)nc2c(N)nc(F)nc21. The Labute approximate surface area is 178 Å². The van der Waals surface area contributed by atoms with E-state index < -0.39 is 16.1 Å². The van der Waals surface area contributed by atoms with Gasteiger partial charge >= 0.3 is 6.08 Å². The maximum Gasteiger partial charge on any atom is 0.312 e. The molecule has 0 radical (unpaired) electrons. The van der Waals surface area contributed by atoms with E-state index >= 15 is 0 Å². The van der Waals surface area contributed by atoms with Crippen LogP contribution in [0.15, 0.2) is 12.1 Å². The average Bonchev–Trinajstić information content (AvgIpc) is 3.24. The number of hydrogen-bond acceptors (Lipinski definition) is 8. The highest BCUT2D eigenvalue weighted by atomic mass is 127. The molecule has 0 amide bonds. The van der Waals surface area contributed by atoms with Gasteiger partial charge < -0.3 is 19.8 Å². The zero-order valence-electron chi connectivity index (χ0n) is 15.1. The molecule has 1 aliphatic heterocycles. The van der Waals surface area contributed by atoms with Crippen LogP contribution in [0.2, 0.25) is 0 Å². The van der Waals surface area contributed by atoms with Crippen LogP contribution in [0.1, 0.15) is 11.4 Å². The molecule has 13 heteroatoms. The predicted molar refractivity (Wildman–Crippen MR) is 111 cm³/mol. The van der Waals surface area contributed by atoms with Crippen molar-refractivity contribution in [1.29, 1.82) is 0 Å². The highest BCUT2D eigenvalue weighted by molar-refractivity contribution is 14.1. The van der Waals surface area contributed by atoms with Crippen molar-refractivity contribution in [3.8, 4) is 11.5 Å². The molecule has 1 aliphatic rings. The summed E-state index contributed by atoms with van der Waals surface area (Å²) in [4.78, 5) is 11.8. The van der Waals surface area contributed by atoms with Gasteiger partial charge in [0.05, 0.1) is 5.75 Å². The number of aromatic nitrogens is 4. The molecule has 154 valence electrons. The smallest absolute Gasteiger partial charge is 0.312 e. The first kappa shape index (κ1) is 20.0. The highest BCUT2D eigenvalue weighted by Gasteiger charge is 2.22. The van der Waals surface area contributed by atoms with Gasteiger partial charge in [0.2, 0.25) is 16.8 Å². The van der Waals surface area contributed by atoms with Crippen LogP contribution in [0.25, 0.3) is 11.2 Å². The Hall–Kier alpha value is -2.26. The Morgan fingerprint density at radius 1 is 1.28 bits per heavy atom. The number of rotatable bonds is 6. The standard InChI is InChI=1S/C16H16FIN6O4S/c1-20-29(25,26)3-2-24-12(21-13-14(19)22-16(17)23-15(13)24)5-8-4-10-11(6-9(8)18)28-7-27-10/h4,6,20H,2-3,5,7H2,1H3,(H2,19,22,23). The van der Waals surface area contributed by atoms with Gasteiger partial charge in [-0.05, 0) is 47.3 Å². The van der Waals surface area contributed by atoms with Crippen molar-refractivity contribution in [3.05, 3.63) is 33.2 Å². The summed E-state index contributed by atoms with van der Waals surface area (Å²) in [5, 5.41) is 0. The number of benzene rings is 1. The Kier molecular flexibility index (Phi) is 5.20. The van der Waals surface area contributed by atoms with E-state index in [2.05, 4.69) is 42.3 Å². The van der Waals surface area contributed by atoms with Crippen molar-refractivity contribution in [2.45, 2.75) is 13.0 Å². The Morgan fingerprint density at radius 2 is 2.00 bits per heavy atom. The number of halogens is 2. The van der Waals surface area contributed by atoms with Crippen molar-refractivity contribution < 1.29 is 22.3 Å². The van der Waals surface area contributed by atoms with Crippen molar-refractivity contribution in [1.82, 2.24) is 24.2 Å². The fraction of sp³-hybridized carbons (Fsp3) is 0.312. The predicted octanol–water partition coefficient (Wildman–Crippen LogP) is 1.02. The minimum Gasteiger partial charge on any atom is -0.454 e. The van der Waals surface area contributed by atoms with Gasteiger partial charge in [-0.3, -0.25) is 0 Å². The first-order chi connectivity index (χ1) is 13.8. The Balaban J connectivity index is 1.79. The Morgan fingerprint density at radius 3 is 2.72 bits per heavy atom. The molecule has 10 nitrogen and oxygen atoms in total. The van der Waals surface area contributed by atoms with Crippen LogP contribution in [-0.2, 0) is 23.0 Å². The molecule has 3 N–H and O–H groups in total. The van der Waals surface area contributed by atoms with Crippen LogP contribution >= 0.6 is 22.6 Å². The molecular formula is C16H16FIN6O4S. The summed E-state index contributed by atoms with van der Waals surface area (Å²) in [7, 11) is -2.16. The topological polar surface area (TPSA) is 134 Å². The van der Waals surface area contributed by atoms with Crippen LogP contribution in [0, 0.1) is 9.65 Å². The summed E-state index contributed by atoms with van der Waals surface area (Å²) >= 11 is 2.17. The molecule has 0 aliphatic carbocycles. The fourth-order valence-corrected chi connectivity index (χ4v) is 4.24. The third kappa shape index (κ3) is 3.93. The second-order valence-electron chi connectivity index (χ2n) is 6.23. The highest BCUT2D eigenvalue weighted by Crippen LogP contribution is 2.36. The van der Waals surface area contributed by atoms with Gasteiger partial charge in [-0.1, -0.05) is 0 Å². The monoisotopic (exact) mass is 534 g/mol. The lowest BCUT2D eigenvalue weighted by Gasteiger charge is -2.10. The van der Waals surface area contributed by atoms with Gasteiger partial charge in [0, 0.05) is 16.5 Å². The number of sulfonamides is 1. The largest absolute Gasteiger partial charge is 0.454 e. The summed E-state index contributed by atoms with van der Waals surface area (Å²) in [5.74, 6) is 1.42. The molecule has 0 unspecified atom stereocenters. The lowest BCUT2D eigenvalue weighted by Crippen LogP contribution is -2.25. The number of nitrogens with one attached hydrogen (secondary N) is 1. The number of nitrogens with zero attached hydrogens (tertiary/aromatic N) is 4. The lowest BCUT2D eigenvalue weighted by atomic mass is 10.1. The molecule has 3 heterocycles. The van der Waals surface area contributed by atoms with E-state index in [-0.39, 0.29) is 36.1 Å². The first-order valence-corrected chi connectivity index (χ1v) is 11.2. The molecule has 29 heavy (non-hydrogen) atoms. The average molecular weight is 534 g/mol. The number of anilines is 1. The summed E-state index contributed by atoms with van der Waals surface area (Å²) in [5.41, 5.74) is 7.06. The van der Waals surface area contributed by atoms with Gasteiger partial charge in [-0.25, -0.2) is 18.1 Å². The second kappa shape index (κ2) is 7.53. The normalized spacial score (nSPS) is 13.3. The van der Waals surface area contributed by atoms with Crippen LogP contribution < -0.4 is 19.9 Å². The Bertz CT molecular complexity index is 1220. The fourth-order valence-electron chi connectivity index (χ4n) is 2.99. The van der Waals surface area contributed by atoms with Crippen LogP contribution in [0.4, 0.5) is 10.2 Å². The van der Waals surface area contributed by atoms with Gasteiger partial charge in [-0.2, -0.15) is 14.4 Å². The van der Waals surface area contributed by atoms with Crippen molar-refractivity contribution in [2.24, 2.45) is 0 Å². The third-order valence-electron chi connectivity index (χ3n) is 4.46. The maximum atomic E-state index is 13.8. The molecular weight excluding hydrogens is 518 g/mol. The van der Waals surface area contributed by atoms with Crippen molar-refractivity contribution >= 4 is 49.6 Å². The minimum atomic E-state index is -3.50. The van der Waals surface area contributed by atoms with Crippen molar-refractivity contribution in [2.75, 3.05) is 25.3 Å². The molecule has 4 rings (SSSR count). The summed E-state index contributed by atoms with van der Waals surface area (Å²) in [6.07, 6.45) is -0.678. The van der Waals surface area contributed by atoms with Gasteiger partial charge in [0.15, 0.2) is 28.5 Å². The van der Waals surface area contributed by atoms with E-state index in [1.165, 1.54) is 7.05 Å². The third-order valence-corrected chi connectivity index (χ3v) is 6.80. The number of ether oxygens (including phenoxy) is 2. The maximum absolute atomic E-state index is 13.8.